The van der Waals surface area contributed by atoms with Crippen molar-refractivity contribution in [2.45, 2.75) is 38.8 Å². The first kappa shape index (κ1) is 11.9. The lowest BCUT2D eigenvalue weighted by atomic mass is 9.95. The molecule has 0 aromatic carbocycles. The number of aryl methyl sites for hydroxylation is 1. The van der Waals surface area contributed by atoms with E-state index in [4.69, 9.17) is 0 Å². The minimum Gasteiger partial charge on any atom is -0.352 e. The van der Waals surface area contributed by atoms with Crippen LogP contribution in [0.2, 0.25) is 0 Å². The molecule has 2 N–H and O–H groups in total. The maximum Gasteiger partial charge on any atom is 0.132 e. The fraction of sp³-hybridized carbons (Fsp3) is 0.692. The molecule has 98 valence electrons. The fourth-order valence-corrected chi connectivity index (χ4v) is 3.13. The van der Waals surface area contributed by atoms with Crippen LogP contribution >= 0.6 is 0 Å². The molecule has 2 fully saturated rings. The highest BCUT2D eigenvalue weighted by molar-refractivity contribution is 5.42. The molecule has 3 atom stereocenters. The SMILES string of the molecule is Cc1cc(N2CCCC2C2NNCC2C)ncn1. The van der Waals surface area contributed by atoms with Gasteiger partial charge in [0.1, 0.15) is 12.1 Å². The molecule has 2 aliphatic rings. The Hall–Kier alpha value is -1.20. The third-order valence-electron chi connectivity index (χ3n) is 4.10. The lowest BCUT2D eigenvalue weighted by Crippen LogP contribution is -2.48. The van der Waals surface area contributed by atoms with Crippen LogP contribution in [-0.4, -0.2) is 35.1 Å². The molecule has 0 radical (unpaired) electrons. The van der Waals surface area contributed by atoms with Crippen molar-refractivity contribution >= 4 is 5.82 Å². The van der Waals surface area contributed by atoms with Gasteiger partial charge in [-0.15, -0.1) is 0 Å². The van der Waals surface area contributed by atoms with E-state index in [1.165, 1.54) is 12.8 Å². The summed E-state index contributed by atoms with van der Waals surface area (Å²) in [6, 6.07) is 3.15. The Kier molecular flexibility index (Phi) is 3.18. The van der Waals surface area contributed by atoms with Crippen LogP contribution in [-0.2, 0) is 0 Å². The molecule has 3 heterocycles. The molecule has 18 heavy (non-hydrogen) atoms. The summed E-state index contributed by atoms with van der Waals surface area (Å²) in [5.41, 5.74) is 7.74. The third-order valence-corrected chi connectivity index (χ3v) is 4.10. The zero-order chi connectivity index (χ0) is 12.5. The van der Waals surface area contributed by atoms with E-state index in [1.54, 1.807) is 6.33 Å². The van der Waals surface area contributed by atoms with Gasteiger partial charge in [-0.2, -0.15) is 0 Å². The van der Waals surface area contributed by atoms with E-state index in [0.29, 0.717) is 18.0 Å². The van der Waals surface area contributed by atoms with E-state index in [2.05, 4.69) is 38.7 Å². The molecule has 3 unspecified atom stereocenters. The first-order valence-electron chi connectivity index (χ1n) is 6.79. The van der Waals surface area contributed by atoms with E-state index in [-0.39, 0.29) is 0 Å². The molecule has 0 amide bonds. The highest BCUT2D eigenvalue weighted by Gasteiger charge is 2.37. The maximum absolute atomic E-state index is 4.43. The van der Waals surface area contributed by atoms with E-state index in [1.807, 2.05) is 6.92 Å². The zero-order valence-electron chi connectivity index (χ0n) is 11.1. The summed E-state index contributed by atoms with van der Waals surface area (Å²) in [7, 11) is 0. The predicted molar refractivity (Wildman–Crippen MR) is 71.2 cm³/mol. The number of nitrogens with zero attached hydrogens (tertiary/aromatic N) is 3. The summed E-state index contributed by atoms with van der Waals surface area (Å²) in [5.74, 6) is 1.74. The second-order valence-electron chi connectivity index (χ2n) is 5.45. The standard InChI is InChI=1S/C13H21N5/c1-9-7-16-17-13(9)11-4-3-5-18(11)12-6-10(2)14-8-15-12/h6,8-9,11,13,16-17H,3-5,7H2,1-2H3. The van der Waals surface area contributed by atoms with Gasteiger partial charge in [0.15, 0.2) is 0 Å². The van der Waals surface area contributed by atoms with Gasteiger partial charge in [0.05, 0.1) is 0 Å². The van der Waals surface area contributed by atoms with Crippen molar-refractivity contribution < 1.29 is 0 Å². The Bertz CT molecular complexity index is 422. The van der Waals surface area contributed by atoms with Crippen LogP contribution in [0, 0.1) is 12.8 Å². The van der Waals surface area contributed by atoms with Gasteiger partial charge in [0.25, 0.3) is 0 Å². The summed E-state index contributed by atoms with van der Waals surface area (Å²) >= 11 is 0. The van der Waals surface area contributed by atoms with Crippen LogP contribution < -0.4 is 15.8 Å². The van der Waals surface area contributed by atoms with Crippen LogP contribution in [0.15, 0.2) is 12.4 Å². The molecule has 5 heteroatoms. The second kappa shape index (κ2) is 4.82. The summed E-state index contributed by atoms with van der Waals surface area (Å²) in [4.78, 5) is 11.1. The molecule has 3 rings (SSSR count). The molecular weight excluding hydrogens is 226 g/mol. The van der Waals surface area contributed by atoms with Crippen molar-refractivity contribution in [1.82, 2.24) is 20.8 Å². The zero-order valence-corrected chi connectivity index (χ0v) is 11.1. The number of nitrogens with one attached hydrogen (secondary N) is 2. The highest BCUT2D eigenvalue weighted by atomic mass is 15.4. The van der Waals surface area contributed by atoms with Crippen LogP contribution in [0.25, 0.3) is 0 Å². The number of hydrogen-bond acceptors (Lipinski definition) is 5. The van der Waals surface area contributed by atoms with Gasteiger partial charge in [0, 0.05) is 36.9 Å². The van der Waals surface area contributed by atoms with E-state index in [0.717, 1.165) is 24.6 Å². The number of anilines is 1. The Balaban J connectivity index is 1.82. The first-order chi connectivity index (χ1) is 8.75. The van der Waals surface area contributed by atoms with Crippen molar-refractivity contribution in [2.24, 2.45) is 5.92 Å². The second-order valence-corrected chi connectivity index (χ2v) is 5.45. The van der Waals surface area contributed by atoms with Gasteiger partial charge >= 0.3 is 0 Å². The van der Waals surface area contributed by atoms with Crippen LogP contribution in [0.4, 0.5) is 5.82 Å². The fourth-order valence-electron chi connectivity index (χ4n) is 3.13. The predicted octanol–water partition coefficient (Wildman–Crippen LogP) is 0.866. The average Bonchev–Trinajstić information content (AvgIpc) is 2.96. The monoisotopic (exact) mass is 247 g/mol. The van der Waals surface area contributed by atoms with Gasteiger partial charge < -0.3 is 4.90 Å². The van der Waals surface area contributed by atoms with Gasteiger partial charge in [-0.05, 0) is 25.7 Å². The smallest absolute Gasteiger partial charge is 0.132 e. The van der Waals surface area contributed by atoms with Gasteiger partial charge in [-0.3, -0.25) is 10.9 Å². The number of aromatic nitrogens is 2. The molecule has 1 aromatic heterocycles. The van der Waals surface area contributed by atoms with Crippen LogP contribution in [0.5, 0.6) is 0 Å². The molecule has 0 aliphatic carbocycles. The Labute approximate surface area is 108 Å². The van der Waals surface area contributed by atoms with Gasteiger partial charge in [0.2, 0.25) is 0 Å². The van der Waals surface area contributed by atoms with Gasteiger partial charge in [-0.1, -0.05) is 6.92 Å². The average molecular weight is 247 g/mol. The van der Waals surface area contributed by atoms with E-state index >= 15 is 0 Å². The summed E-state index contributed by atoms with van der Waals surface area (Å²) in [5, 5.41) is 0. The molecule has 1 aromatic rings. The Morgan fingerprint density at radius 3 is 3.00 bits per heavy atom. The topological polar surface area (TPSA) is 53.1 Å². The van der Waals surface area contributed by atoms with Crippen molar-refractivity contribution in [3.63, 3.8) is 0 Å². The largest absolute Gasteiger partial charge is 0.352 e. The molecule has 5 nitrogen and oxygen atoms in total. The molecule has 0 spiro atoms. The van der Waals surface area contributed by atoms with Crippen LogP contribution in [0.1, 0.15) is 25.5 Å². The van der Waals surface area contributed by atoms with E-state index in [9.17, 15) is 0 Å². The first-order valence-corrected chi connectivity index (χ1v) is 6.79. The normalized spacial score (nSPS) is 32.1. The molecular formula is C13H21N5. The summed E-state index contributed by atoms with van der Waals surface area (Å²) in [6.45, 7) is 6.48. The van der Waals surface area contributed by atoms with Crippen molar-refractivity contribution in [2.75, 3.05) is 18.0 Å². The molecule has 2 aliphatic heterocycles. The number of rotatable bonds is 2. The lowest BCUT2D eigenvalue weighted by molar-refractivity contribution is 0.401. The van der Waals surface area contributed by atoms with E-state index < -0.39 is 0 Å². The number of hydrazine groups is 1. The Morgan fingerprint density at radius 2 is 2.28 bits per heavy atom. The Morgan fingerprint density at radius 1 is 1.39 bits per heavy atom. The highest BCUT2D eigenvalue weighted by Crippen LogP contribution is 2.29. The van der Waals surface area contributed by atoms with Crippen molar-refractivity contribution in [3.05, 3.63) is 18.1 Å². The van der Waals surface area contributed by atoms with Gasteiger partial charge in [-0.25, -0.2) is 9.97 Å². The minimum absolute atomic E-state index is 0.516. The minimum atomic E-state index is 0.516. The summed E-state index contributed by atoms with van der Waals surface area (Å²) in [6.07, 6.45) is 4.16. The number of hydrogen-bond donors (Lipinski definition) is 2. The van der Waals surface area contributed by atoms with Crippen LogP contribution in [0.3, 0.4) is 0 Å². The summed E-state index contributed by atoms with van der Waals surface area (Å²) < 4.78 is 0. The molecule has 2 saturated heterocycles. The van der Waals surface area contributed by atoms with Crippen molar-refractivity contribution in [3.8, 4) is 0 Å². The maximum atomic E-state index is 4.43. The quantitative estimate of drug-likeness (QED) is 0.812. The lowest BCUT2D eigenvalue weighted by Gasteiger charge is -2.32. The molecule has 0 bridgehead atoms. The molecule has 0 saturated carbocycles. The third kappa shape index (κ3) is 2.08. The van der Waals surface area contributed by atoms with Crippen molar-refractivity contribution in [1.29, 1.82) is 0 Å².